The second kappa shape index (κ2) is 9.78. The molecule has 1 aromatic heterocycles. The third-order valence-corrected chi connectivity index (χ3v) is 5.88. The highest BCUT2D eigenvalue weighted by Crippen LogP contribution is 2.44. The fourth-order valence-corrected chi connectivity index (χ4v) is 4.05. The van der Waals surface area contributed by atoms with Crippen molar-refractivity contribution in [3.05, 3.63) is 62.8 Å². The van der Waals surface area contributed by atoms with Gasteiger partial charge >= 0.3 is 0 Å². The zero-order chi connectivity index (χ0) is 25.3. The summed E-state index contributed by atoms with van der Waals surface area (Å²) in [6.45, 7) is 8.62. The first-order chi connectivity index (χ1) is 16.7. The lowest BCUT2D eigenvalue weighted by molar-refractivity contribution is 0.171. The van der Waals surface area contributed by atoms with E-state index >= 15 is 0 Å². The maximum Gasteiger partial charge on any atom is 0.239 e. The number of benzene rings is 2. The Balaban J connectivity index is 2.05. The van der Waals surface area contributed by atoms with Gasteiger partial charge < -0.3 is 28.8 Å². The number of fused-ring (bicyclic) bond motifs is 2. The highest BCUT2D eigenvalue weighted by Gasteiger charge is 2.27. The largest absolute Gasteiger partial charge is 0.507 e. The molecule has 184 valence electrons. The molecule has 2 N–H and O–H groups in total. The number of hydrogen-bond acceptors (Lipinski definition) is 7. The van der Waals surface area contributed by atoms with Crippen molar-refractivity contribution in [2.24, 2.45) is 0 Å². The van der Waals surface area contributed by atoms with E-state index in [9.17, 15) is 15.0 Å². The highest BCUT2D eigenvalue weighted by molar-refractivity contribution is 5.93. The first-order valence-electron chi connectivity index (χ1n) is 11.5. The van der Waals surface area contributed by atoms with Crippen LogP contribution in [0, 0.1) is 0 Å². The summed E-state index contributed by atoms with van der Waals surface area (Å²) in [5.41, 5.74) is 2.91. The highest BCUT2D eigenvalue weighted by atomic mass is 16.6. The van der Waals surface area contributed by atoms with E-state index < -0.39 is 5.43 Å². The van der Waals surface area contributed by atoms with Gasteiger partial charge in [-0.2, -0.15) is 0 Å². The van der Waals surface area contributed by atoms with E-state index in [0.717, 1.165) is 11.1 Å². The molecule has 0 atom stereocenters. The minimum Gasteiger partial charge on any atom is -0.507 e. The standard InChI is InChI=1S/C28H30O7/c1-15(2)6-9-18-23(29)19(10-7-16(3)4)27-22(24(18)30)25(31)28(32-5)26(35-27)17-8-11-20-21(14-17)34-13-12-33-20/h6-8,11,14,29-30H,9-10,12-13H2,1-5H3. The summed E-state index contributed by atoms with van der Waals surface area (Å²) in [4.78, 5) is 13.6. The molecule has 0 saturated heterocycles. The number of ether oxygens (including phenoxy) is 3. The second-order valence-electron chi connectivity index (χ2n) is 8.98. The summed E-state index contributed by atoms with van der Waals surface area (Å²) >= 11 is 0. The summed E-state index contributed by atoms with van der Waals surface area (Å²) in [6.07, 6.45) is 4.41. The zero-order valence-electron chi connectivity index (χ0n) is 20.7. The predicted molar refractivity (Wildman–Crippen MR) is 135 cm³/mol. The minimum absolute atomic E-state index is 0.0183. The Kier molecular flexibility index (Phi) is 6.78. The van der Waals surface area contributed by atoms with Gasteiger partial charge in [0.2, 0.25) is 11.2 Å². The first-order valence-corrected chi connectivity index (χ1v) is 11.5. The Morgan fingerprint density at radius 1 is 0.943 bits per heavy atom. The molecule has 0 amide bonds. The predicted octanol–water partition coefficient (Wildman–Crippen LogP) is 5.67. The van der Waals surface area contributed by atoms with Crippen LogP contribution in [-0.2, 0) is 12.8 Å². The molecule has 0 saturated carbocycles. The van der Waals surface area contributed by atoms with Crippen molar-refractivity contribution in [1.82, 2.24) is 0 Å². The van der Waals surface area contributed by atoms with Crippen LogP contribution in [0.5, 0.6) is 28.7 Å². The fraction of sp³-hybridized carbons (Fsp3) is 0.321. The van der Waals surface area contributed by atoms with E-state index in [-0.39, 0.29) is 46.0 Å². The summed E-state index contributed by atoms with van der Waals surface area (Å²) < 4.78 is 23.0. The van der Waals surface area contributed by atoms with E-state index in [1.54, 1.807) is 18.2 Å². The lowest BCUT2D eigenvalue weighted by Crippen LogP contribution is -2.15. The number of hydrogen-bond donors (Lipinski definition) is 2. The van der Waals surface area contributed by atoms with Gasteiger partial charge in [-0.05, 0) is 58.7 Å². The van der Waals surface area contributed by atoms with E-state index in [4.69, 9.17) is 18.6 Å². The molecule has 7 nitrogen and oxygen atoms in total. The quantitative estimate of drug-likeness (QED) is 0.441. The lowest BCUT2D eigenvalue weighted by atomic mass is 9.96. The van der Waals surface area contributed by atoms with Crippen LogP contribution < -0.4 is 19.6 Å². The molecule has 4 rings (SSSR count). The third kappa shape index (κ3) is 4.58. The van der Waals surface area contributed by atoms with Gasteiger partial charge in [0, 0.05) is 16.7 Å². The molecule has 0 unspecified atom stereocenters. The Morgan fingerprint density at radius 2 is 1.57 bits per heavy atom. The summed E-state index contributed by atoms with van der Waals surface area (Å²) in [5, 5.41) is 22.3. The van der Waals surface area contributed by atoms with E-state index in [0.29, 0.717) is 42.3 Å². The summed E-state index contributed by atoms with van der Waals surface area (Å²) in [7, 11) is 1.38. The van der Waals surface area contributed by atoms with E-state index in [1.165, 1.54) is 7.11 Å². The van der Waals surface area contributed by atoms with Crippen LogP contribution in [0.3, 0.4) is 0 Å². The van der Waals surface area contributed by atoms with Crippen LogP contribution in [-0.4, -0.2) is 30.5 Å². The average molecular weight is 479 g/mol. The van der Waals surface area contributed by atoms with Crippen LogP contribution >= 0.6 is 0 Å². The molecule has 1 aliphatic heterocycles. The van der Waals surface area contributed by atoms with E-state index in [1.807, 2.05) is 39.8 Å². The van der Waals surface area contributed by atoms with Gasteiger partial charge in [0.1, 0.15) is 35.7 Å². The molecule has 7 heteroatoms. The molecule has 0 spiro atoms. The maximum absolute atomic E-state index is 13.6. The van der Waals surface area contributed by atoms with Crippen LogP contribution in [0.25, 0.3) is 22.3 Å². The van der Waals surface area contributed by atoms with Crippen molar-refractivity contribution >= 4 is 11.0 Å². The van der Waals surface area contributed by atoms with Gasteiger partial charge in [-0.1, -0.05) is 23.3 Å². The fourth-order valence-electron chi connectivity index (χ4n) is 4.05. The molecule has 3 aromatic rings. The van der Waals surface area contributed by atoms with Crippen LogP contribution in [0.1, 0.15) is 38.8 Å². The van der Waals surface area contributed by atoms with Crippen LogP contribution in [0.2, 0.25) is 0 Å². The number of phenols is 2. The topological polar surface area (TPSA) is 98.4 Å². The molecular weight excluding hydrogens is 448 g/mol. The van der Waals surface area contributed by atoms with E-state index in [2.05, 4.69) is 0 Å². The van der Waals surface area contributed by atoms with Crippen molar-refractivity contribution in [2.45, 2.75) is 40.5 Å². The number of methoxy groups -OCH3 is 1. The summed E-state index contributed by atoms with van der Waals surface area (Å²) in [6, 6.07) is 5.22. The number of phenolic OH excluding ortho intramolecular Hbond substituents is 2. The molecular formula is C28H30O7. The molecule has 0 aliphatic carbocycles. The van der Waals surface area contributed by atoms with Gasteiger partial charge in [0.05, 0.1) is 7.11 Å². The number of aromatic hydroxyl groups is 2. The SMILES string of the molecule is COc1c(-c2ccc3c(c2)OCCO3)oc2c(CC=C(C)C)c(O)c(CC=C(C)C)c(O)c2c1=O. The van der Waals surface area contributed by atoms with Crippen LogP contribution in [0.4, 0.5) is 0 Å². The van der Waals surface area contributed by atoms with Crippen LogP contribution in [0.15, 0.2) is 50.7 Å². The first kappa shape index (κ1) is 24.3. The molecule has 2 heterocycles. The molecule has 2 aromatic carbocycles. The van der Waals surface area contributed by atoms with Gasteiger partial charge in [-0.15, -0.1) is 0 Å². The lowest BCUT2D eigenvalue weighted by Gasteiger charge is -2.19. The zero-order valence-corrected chi connectivity index (χ0v) is 20.7. The van der Waals surface area contributed by atoms with Crippen molar-refractivity contribution in [3.8, 4) is 40.1 Å². The molecule has 0 bridgehead atoms. The number of allylic oxidation sites excluding steroid dienone is 4. The molecule has 0 radical (unpaired) electrons. The van der Waals surface area contributed by atoms with Gasteiger partial charge in [-0.25, -0.2) is 0 Å². The average Bonchev–Trinajstić information content (AvgIpc) is 2.82. The molecule has 0 fully saturated rings. The number of rotatable bonds is 6. The monoisotopic (exact) mass is 478 g/mol. The molecule has 1 aliphatic rings. The minimum atomic E-state index is -0.520. The Hall–Kier alpha value is -3.87. The third-order valence-electron chi connectivity index (χ3n) is 5.88. The summed E-state index contributed by atoms with van der Waals surface area (Å²) in [5.74, 6) is 0.868. The van der Waals surface area contributed by atoms with Gasteiger partial charge in [0.25, 0.3) is 0 Å². The van der Waals surface area contributed by atoms with Crippen molar-refractivity contribution in [2.75, 3.05) is 20.3 Å². The van der Waals surface area contributed by atoms with Crippen molar-refractivity contribution in [1.29, 1.82) is 0 Å². The van der Waals surface area contributed by atoms with Gasteiger partial charge in [0.15, 0.2) is 17.3 Å². The Labute approximate surface area is 203 Å². The maximum atomic E-state index is 13.6. The van der Waals surface area contributed by atoms with Crippen molar-refractivity contribution < 1.29 is 28.8 Å². The smallest absolute Gasteiger partial charge is 0.239 e. The Morgan fingerprint density at radius 3 is 2.20 bits per heavy atom. The molecule has 35 heavy (non-hydrogen) atoms. The normalized spacial score (nSPS) is 12.4. The van der Waals surface area contributed by atoms with Gasteiger partial charge in [-0.3, -0.25) is 4.79 Å². The second-order valence-corrected chi connectivity index (χ2v) is 8.98. The Bertz CT molecular complexity index is 1400. The van der Waals surface area contributed by atoms with Crippen molar-refractivity contribution in [3.63, 3.8) is 0 Å².